The van der Waals surface area contributed by atoms with Gasteiger partial charge in [-0.2, -0.15) is 0 Å². The highest BCUT2D eigenvalue weighted by Gasteiger charge is 2.35. The highest BCUT2D eigenvalue weighted by Crippen LogP contribution is 2.37. The molecule has 1 saturated carbocycles. The summed E-state index contributed by atoms with van der Waals surface area (Å²) in [5.74, 6) is -0.588. The van der Waals surface area contributed by atoms with Gasteiger partial charge in [0.25, 0.3) is 0 Å². The average Bonchev–Trinajstić information content (AvgIpc) is 2.47. The Labute approximate surface area is 107 Å². The summed E-state index contributed by atoms with van der Waals surface area (Å²) in [6, 6.07) is 0. The SMILES string of the molecule is C=C1CCC[C@H]2C=C(COC(C)=O)COC(=O)[C@H]12. The Morgan fingerprint density at radius 1 is 1.61 bits per heavy atom. The second-order valence-electron chi connectivity index (χ2n) is 4.90. The first-order valence-corrected chi connectivity index (χ1v) is 6.25. The molecule has 1 aliphatic carbocycles. The fourth-order valence-corrected chi connectivity index (χ4v) is 2.60. The first-order valence-electron chi connectivity index (χ1n) is 6.25. The zero-order chi connectivity index (χ0) is 13.1. The van der Waals surface area contributed by atoms with Gasteiger partial charge in [-0.1, -0.05) is 18.2 Å². The quantitative estimate of drug-likeness (QED) is 0.555. The molecule has 1 heterocycles. The Kier molecular flexibility index (Phi) is 3.84. The summed E-state index contributed by atoms with van der Waals surface area (Å²) in [7, 11) is 0. The van der Waals surface area contributed by atoms with E-state index in [2.05, 4.69) is 6.58 Å². The van der Waals surface area contributed by atoms with E-state index in [0.717, 1.165) is 30.4 Å². The molecular weight excluding hydrogens is 232 g/mol. The van der Waals surface area contributed by atoms with E-state index in [1.54, 1.807) is 0 Å². The molecule has 0 amide bonds. The number of carbonyl (C=O) groups excluding carboxylic acids is 2. The molecule has 2 atom stereocenters. The zero-order valence-corrected chi connectivity index (χ0v) is 10.6. The number of esters is 2. The van der Waals surface area contributed by atoms with Crippen LogP contribution in [-0.4, -0.2) is 25.2 Å². The molecule has 0 unspecified atom stereocenters. The van der Waals surface area contributed by atoms with Gasteiger partial charge in [0.05, 0.1) is 5.92 Å². The maximum atomic E-state index is 11.9. The molecule has 2 rings (SSSR count). The average molecular weight is 250 g/mol. The molecule has 0 N–H and O–H groups in total. The van der Waals surface area contributed by atoms with Crippen LogP contribution >= 0.6 is 0 Å². The fraction of sp³-hybridized carbons (Fsp3) is 0.571. The molecule has 0 radical (unpaired) electrons. The van der Waals surface area contributed by atoms with Crippen molar-refractivity contribution in [1.29, 1.82) is 0 Å². The molecule has 0 aromatic heterocycles. The van der Waals surface area contributed by atoms with E-state index in [4.69, 9.17) is 9.47 Å². The predicted octanol–water partition coefficient (Wildman–Crippen LogP) is 2.01. The van der Waals surface area contributed by atoms with E-state index < -0.39 is 0 Å². The van der Waals surface area contributed by atoms with Gasteiger partial charge in [-0.15, -0.1) is 0 Å². The molecule has 0 bridgehead atoms. The first kappa shape index (κ1) is 12.9. The minimum absolute atomic E-state index is 0.145. The van der Waals surface area contributed by atoms with Crippen LogP contribution in [0.1, 0.15) is 26.2 Å². The van der Waals surface area contributed by atoms with Gasteiger partial charge in [0.2, 0.25) is 0 Å². The third-order valence-electron chi connectivity index (χ3n) is 3.47. The van der Waals surface area contributed by atoms with Gasteiger partial charge in [0.15, 0.2) is 0 Å². The van der Waals surface area contributed by atoms with E-state index in [9.17, 15) is 9.59 Å². The van der Waals surface area contributed by atoms with Gasteiger partial charge in [0.1, 0.15) is 13.2 Å². The summed E-state index contributed by atoms with van der Waals surface area (Å²) < 4.78 is 10.2. The molecule has 2 aliphatic rings. The van der Waals surface area contributed by atoms with Crippen molar-refractivity contribution in [3.63, 3.8) is 0 Å². The Hall–Kier alpha value is -1.58. The van der Waals surface area contributed by atoms with Crippen molar-refractivity contribution < 1.29 is 19.1 Å². The van der Waals surface area contributed by atoms with Gasteiger partial charge < -0.3 is 9.47 Å². The molecule has 18 heavy (non-hydrogen) atoms. The lowest BCUT2D eigenvalue weighted by molar-refractivity contribution is -0.147. The maximum absolute atomic E-state index is 11.9. The molecule has 98 valence electrons. The van der Waals surface area contributed by atoms with Crippen molar-refractivity contribution >= 4 is 11.9 Å². The van der Waals surface area contributed by atoms with Crippen molar-refractivity contribution in [2.45, 2.75) is 26.2 Å². The molecule has 1 fully saturated rings. The van der Waals surface area contributed by atoms with Crippen molar-refractivity contribution in [1.82, 2.24) is 0 Å². The van der Waals surface area contributed by atoms with Gasteiger partial charge >= 0.3 is 11.9 Å². The lowest BCUT2D eigenvalue weighted by Gasteiger charge is -2.28. The number of hydrogen-bond donors (Lipinski definition) is 0. The van der Waals surface area contributed by atoms with Crippen LogP contribution in [0.4, 0.5) is 0 Å². The van der Waals surface area contributed by atoms with Crippen molar-refractivity contribution in [2.75, 3.05) is 13.2 Å². The number of ether oxygens (including phenoxy) is 2. The smallest absolute Gasteiger partial charge is 0.313 e. The van der Waals surface area contributed by atoms with Crippen molar-refractivity contribution in [3.05, 3.63) is 23.8 Å². The number of allylic oxidation sites excluding steroid dienone is 1. The monoisotopic (exact) mass is 250 g/mol. The van der Waals surface area contributed by atoms with Crippen LogP contribution in [0, 0.1) is 11.8 Å². The Bertz CT molecular complexity index is 408. The molecule has 0 spiro atoms. The third-order valence-corrected chi connectivity index (χ3v) is 3.47. The van der Waals surface area contributed by atoms with E-state index in [1.165, 1.54) is 6.92 Å². The Morgan fingerprint density at radius 3 is 3.11 bits per heavy atom. The Balaban J connectivity index is 2.12. The largest absolute Gasteiger partial charge is 0.461 e. The van der Waals surface area contributed by atoms with Gasteiger partial charge in [-0.3, -0.25) is 9.59 Å². The lowest BCUT2D eigenvalue weighted by Crippen LogP contribution is -2.27. The van der Waals surface area contributed by atoms with Gasteiger partial charge in [-0.25, -0.2) is 0 Å². The first-order chi connectivity index (χ1) is 8.58. The molecule has 1 aliphatic heterocycles. The lowest BCUT2D eigenvalue weighted by atomic mass is 9.76. The zero-order valence-electron chi connectivity index (χ0n) is 10.6. The highest BCUT2D eigenvalue weighted by molar-refractivity contribution is 5.77. The predicted molar refractivity (Wildman–Crippen MR) is 65.6 cm³/mol. The Morgan fingerprint density at radius 2 is 2.39 bits per heavy atom. The number of fused-ring (bicyclic) bond motifs is 1. The normalized spacial score (nSPS) is 27.7. The standard InChI is InChI=1S/C14H18O4/c1-9-4-3-5-12-6-11(7-17-10(2)15)8-18-14(16)13(9)12/h6,12-13H,1,3-5,7-8H2,2H3/t12-,13+/m0/s1. The summed E-state index contributed by atoms with van der Waals surface area (Å²) >= 11 is 0. The van der Waals surface area contributed by atoms with Crippen LogP contribution in [0.3, 0.4) is 0 Å². The second kappa shape index (κ2) is 5.38. The minimum Gasteiger partial charge on any atom is -0.461 e. The summed E-state index contributed by atoms with van der Waals surface area (Å²) in [5.41, 5.74) is 1.82. The molecule has 0 aromatic rings. The number of cyclic esters (lactones) is 1. The number of hydrogen-bond acceptors (Lipinski definition) is 4. The molecule has 4 heteroatoms. The van der Waals surface area contributed by atoms with E-state index in [0.29, 0.717) is 0 Å². The van der Waals surface area contributed by atoms with Crippen LogP contribution in [0.5, 0.6) is 0 Å². The summed E-state index contributed by atoms with van der Waals surface area (Å²) in [5, 5.41) is 0. The second-order valence-corrected chi connectivity index (χ2v) is 4.90. The topological polar surface area (TPSA) is 52.6 Å². The third kappa shape index (κ3) is 2.81. The number of rotatable bonds is 2. The van der Waals surface area contributed by atoms with Crippen LogP contribution in [0.15, 0.2) is 23.8 Å². The molecule has 0 saturated heterocycles. The summed E-state index contributed by atoms with van der Waals surface area (Å²) in [4.78, 5) is 22.7. The molecule has 0 aromatic carbocycles. The summed E-state index contributed by atoms with van der Waals surface area (Å²) in [6.07, 6.45) is 4.93. The van der Waals surface area contributed by atoms with E-state index in [-0.39, 0.29) is 37.0 Å². The number of carbonyl (C=O) groups is 2. The molecule has 4 nitrogen and oxygen atoms in total. The van der Waals surface area contributed by atoms with E-state index in [1.807, 2.05) is 6.08 Å². The highest BCUT2D eigenvalue weighted by atomic mass is 16.5. The van der Waals surface area contributed by atoms with Crippen molar-refractivity contribution in [3.8, 4) is 0 Å². The maximum Gasteiger partial charge on any atom is 0.313 e. The summed E-state index contributed by atoms with van der Waals surface area (Å²) in [6.45, 7) is 5.77. The minimum atomic E-state index is -0.323. The fourth-order valence-electron chi connectivity index (χ4n) is 2.60. The van der Waals surface area contributed by atoms with Gasteiger partial charge in [-0.05, 0) is 25.2 Å². The van der Waals surface area contributed by atoms with Crippen LogP contribution in [0.2, 0.25) is 0 Å². The van der Waals surface area contributed by atoms with Crippen molar-refractivity contribution in [2.24, 2.45) is 11.8 Å². The van der Waals surface area contributed by atoms with Crippen LogP contribution < -0.4 is 0 Å². The van der Waals surface area contributed by atoms with Crippen LogP contribution in [0.25, 0.3) is 0 Å². The van der Waals surface area contributed by atoms with Gasteiger partial charge in [0, 0.05) is 12.5 Å². The molecular formula is C14H18O4. The van der Waals surface area contributed by atoms with E-state index >= 15 is 0 Å². The van der Waals surface area contributed by atoms with Crippen LogP contribution in [-0.2, 0) is 19.1 Å².